The van der Waals surface area contributed by atoms with Crippen LogP contribution >= 0.6 is 11.8 Å². The van der Waals surface area contributed by atoms with E-state index < -0.39 is 5.97 Å². The minimum atomic E-state index is -0.884. The average molecular weight is 414 g/mol. The zero-order valence-corrected chi connectivity index (χ0v) is 17.3. The summed E-state index contributed by atoms with van der Waals surface area (Å²) in [6, 6.07) is 24.8. The molecule has 3 atom stereocenters. The molecule has 30 heavy (non-hydrogen) atoms. The number of allylic oxidation sites excluding steroid dienone is 2. The molecule has 2 aliphatic rings. The van der Waals surface area contributed by atoms with Crippen molar-refractivity contribution in [3.05, 3.63) is 107 Å². The molecule has 3 aromatic rings. The Hall–Kier alpha value is -2.98. The average Bonchev–Trinajstić information content (AvgIpc) is 3.28. The molecule has 4 heteroatoms. The van der Waals surface area contributed by atoms with Crippen LogP contribution < -0.4 is 5.32 Å². The molecular formula is C26H23NO2S. The van der Waals surface area contributed by atoms with Crippen molar-refractivity contribution in [2.75, 3.05) is 5.32 Å². The highest BCUT2D eigenvalue weighted by Gasteiger charge is 2.37. The summed E-state index contributed by atoms with van der Waals surface area (Å²) in [6.07, 6.45) is 5.67. The lowest BCUT2D eigenvalue weighted by atomic mass is 9.76. The molecule has 3 nitrogen and oxygen atoms in total. The van der Waals surface area contributed by atoms with E-state index in [0.29, 0.717) is 17.4 Å². The van der Waals surface area contributed by atoms with Gasteiger partial charge in [-0.1, -0.05) is 54.6 Å². The minimum Gasteiger partial charge on any atom is -0.478 e. The maximum atomic E-state index is 11.2. The zero-order valence-electron chi connectivity index (χ0n) is 16.5. The first-order valence-corrected chi connectivity index (χ1v) is 11.2. The van der Waals surface area contributed by atoms with E-state index in [1.807, 2.05) is 30.0 Å². The van der Waals surface area contributed by atoms with E-state index in [4.69, 9.17) is 0 Å². The second-order valence-corrected chi connectivity index (χ2v) is 8.97. The Balaban J connectivity index is 1.40. The molecule has 1 aliphatic heterocycles. The first-order chi connectivity index (χ1) is 14.7. The van der Waals surface area contributed by atoms with Crippen LogP contribution in [-0.2, 0) is 5.75 Å². The number of rotatable bonds is 5. The number of hydrogen-bond donors (Lipinski definition) is 2. The molecule has 0 spiro atoms. The van der Waals surface area contributed by atoms with Gasteiger partial charge in [-0.2, -0.15) is 0 Å². The molecule has 2 N–H and O–H groups in total. The summed E-state index contributed by atoms with van der Waals surface area (Å²) in [5.74, 6) is 0.917. The molecule has 0 aromatic heterocycles. The molecule has 0 bridgehead atoms. The van der Waals surface area contributed by atoms with Crippen molar-refractivity contribution in [2.24, 2.45) is 5.92 Å². The Labute approximate surface area is 180 Å². The van der Waals surface area contributed by atoms with Crippen LogP contribution in [0.15, 0.2) is 89.8 Å². The topological polar surface area (TPSA) is 49.3 Å². The highest BCUT2D eigenvalue weighted by molar-refractivity contribution is 7.98. The predicted octanol–water partition coefficient (Wildman–Crippen LogP) is 6.50. The van der Waals surface area contributed by atoms with Gasteiger partial charge in [0.15, 0.2) is 0 Å². The Kier molecular flexibility index (Phi) is 5.09. The standard InChI is InChI=1S/C26H23NO2S/c28-26(29)19-12-10-18(11-13-19)25-22-8-4-7-21(22)23-15-17(9-14-24(23)27-25)16-30-20-5-2-1-3-6-20/h1-7,9-15,21-22,25,27H,8,16H2,(H,28,29)/t21-,22+,25-/m0/s1. The van der Waals surface area contributed by atoms with Gasteiger partial charge >= 0.3 is 5.97 Å². The number of fused-ring (bicyclic) bond motifs is 3. The number of thioether (sulfide) groups is 1. The predicted molar refractivity (Wildman–Crippen MR) is 122 cm³/mol. The molecule has 0 saturated carbocycles. The van der Waals surface area contributed by atoms with Gasteiger partial charge in [-0.15, -0.1) is 11.8 Å². The monoisotopic (exact) mass is 413 g/mol. The van der Waals surface area contributed by atoms with E-state index in [9.17, 15) is 9.90 Å². The molecule has 0 saturated heterocycles. The van der Waals surface area contributed by atoms with Crippen LogP contribution in [0.1, 0.15) is 45.4 Å². The third-order valence-electron chi connectivity index (χ3n) is 6.09. The molecule has 0 amide bonds. The zero-order chi connectivity index (χ0) is 20.5. The fourth-order valence-electron chi connectivity index (χ4n) is 4.58. The number of aromatic carboxylic acids is 1. The van der Waals surface area contributed by atoms with E-state index >= 15 is 0 Å². The van der Waals surface area contributed by atoms with Crippen molar-refractivity contribution >= 4 is 23.4 Å². The van der Waals surface area contributed by atoms with Crippen LogP contribution in [-0.4, -0.2) is 11.1 Å². The lowest BCUT2D eigenvalue weighted by molar-refractivity contribution is 0.0697. The SMILES string of the molecule is O=C(O)c1ccc([C@@H]2Nc3ccc(CSc4ccccc4)cc3[C@H]3C=CC[C@H]32)cc1. The van der Waals surface area contributed by atoms with Crippen molar-refractivity contribution in [1.29, 1.82) is 0 Å². The molecule has 1 heterocycles. The van der Waals surface area contributed by atoms with Crippen molar-refractivity contribution in [1.82, 2.24) is 0 Å². The Morgan fingerprint density at radius 3 is 2.60 bits per heavy atom. The number of carboxylic acids is 1. The third-order valence-corrected chi connectivity index (χ3v) is 7.18. The van der Waals surface area contributed by atoms with Gasteiger partial charge in [-0.25, -0.2) is 4.79 Å². The number of anilines is 1. The van der Waals surface area contributed by atoms with Gasteiger partial charge in [0, 0.05) is 22.3 Å². The van der Waals surface area contributed by atoms with Crippen LogP contribution in [0.5, 0.6) is 0 Å². The molecule has 150 valence electrons. The van der Waals surface area contributed by atoms with Crippen molar-refractivity contribution in [3.8, 4) is 0 Å². The minimum absolute atomic E-state index is 0.185. The summed E-state index contributed by atoms with van der Waals surface area (Å²) in [5.41, 5.74) is 5.37. The van der Waals surface area contributed by atoms with Crippen LogP contribution in [0.4, 0.5) is 5.69 Å². The van der Waals surface area contributed by atoms with E-state index in [-0.39, 0.29) is 6.04 Å². The molecule has 0 unspecified atom stereocenters. The quantitative estimate of drug-likeness (QED) is 0.370. The first kappa shape index (κ1) is 19.0. The number of benzene rings is 3. The summed E-state index contributed by atoms with van der Waals surface area (Å²) in [4.78, 5) is 12.5. The van der Waals surface area contributed by atoms with Crippen LogP contribution in [0.2, 0.25) is 0 Å². The largest absolute Gasteiger partial charge is 0.478 e. The summed E-state index contributed by atoms with van der Waals surface area (Å²) in [5, 5.41) is 12.9. The second kappa shape index (κ2) is 8.04. The number of nitrogens with one attached hydrogen (secondary N) is 1. The lowest BCUT2D eigenvalue weighted by Crippen LogP contribution is -2.29. The number of hydrogen-bond acceptors (Lipinski definition) is 3. The fraction of sp³-hybridized carbons (Fsp3) is 0.192. The summed E-state index contributed by atoms with van der Waals surface area (Å²) >= 11 is 1.86. The van der Waals surface area contributed by atoms with Gasteiger partial charge in [0.05, 0.1) is 11.6 Å². The maximum Gasteiger partial charge on any atom is 0.335 e. The van der Waals surface area contributed by atoms with E-state index in [1.54, 1.807) is 12.1 Å². The highest BCUT2D eigenvalue weighted by Crippen LogP contribution is 2.50. The van der Waals surface area contributed by atoms with Gasteiger partial charge in [0.25, 0.3) is 0 Å². The third kappa shape index (κ3) is 3.63. The summed E-state index contributed by atoms with van der Waals surface area (Å²) in [6.45, 7) is 0. The fourth-order valence-corrected chi connectivity index (χ4v) is 5.44. The van der Waals surface area contributed by atoms with Gasteiger partial charge < -0.3 is 10.4 Å². The first-order valence-electron chi connectivity index (χ1n) is 10.3. The van der Waals surface area contributed by atoms with Crippen molar-refractivity contribution in [3.63, 3.8) is 0 Å². The second-order valence-electron chi connectivity index (χ2n) is 7.93. The highest BCUT2D eigenvalue weighted by atomic mass is 32.2. The number of carbonyl (C=O) groups is 1. The van der Waals surface area contributed by atoms with Crippen molar-refractivity contribution < 1.29 is 9.90 Å². The van der Waals surface area contributed by atoms with Crippen molar-refractivity contribution in [2.45, 2.75) is 29.0 Å². The molecular weight excluding hydrogens is 390 g/mol. The normalized spacial score (nSPS) is 21.5. The lowest BCUT2D eigenvalue weighted by Gasteiger charge is -2.37. The smallest absolute Gasteiger partial charge is 0.335 e. The molecule has 1 aliphatic carbocycles. The molecule has 0 fully saturated rings. The number of carboxylic acid groups (broad SMARTS) is 1. The maximum absolute atomic E-state index is 11.2. The summed E-state index contributed by atoms with van der Waals surface area (Å²) in [7, 11) is 0. The van der Waals surface area contributed by atoms with Crippen LogP contribution in [0, 0.1) is 5.92 Å². The molecule has 5 rings (SSSR count). The Bertz CT molecular complexity index is 1090. The summed E-state index contributed by atoms with van der Waals surface area (Å²) < 4.78 is 0. The van der Waals surface area contributed by atoms with Gasteiger partial charge in [-0.3, -0.25) is 0 Å². The Morgan fingerprint density at radius 2 is 1.83 bits per heavy atom. The van der Waals surface area contributed by atoms with E-state index in [2.05, 4.69) is 59.9 Å². The van der Waals surface area contributed by atoms with Crippen LogP contribution in [0.3, 0.4) is 0 Å². The van der Waals surface area contributed by atoms with Gasteiger partial charge in [-0.05, 0) is 59.4 Å². The Morgan fingerprint density at radius 1 is 1.03 bits per heavy atom. The molecule has 0 radical (unpaired) electrons. The van der Waals surface area contributed by atoms with Gasteiger partial charge in [0.1, 0.15) is 0 Å². The van der Waals surface area contributed by atoms with E-state index in [0.717, 1.165) is 17.7 Å². The molecule has 3 aromatic carbocycles. The van der Waals surface area contributed by atoms with E-state index in [1.165, 1.54) is 21.7 Å². The van der Waals surface area contributed by atoms with Gasteiger partial charge in [0.2, 0.25) is 0 Å². The van der Waals surface area contributed by atoms with Crippen LogP contribution in [0.25, 0.3) is 0 Å².